The SMILES string of the molecule is N[C@@H](Cc1ccc(Cl)cc1)C(=O)NC1CCC(Nc2cccc3c2C(=O)c2ccccc2C3=O)CC1. The lowest BCUT2D eigenvalue weighted by Crippen LogP contribution is -2.48. The lowest BCUT2D eigenvalue weighted by Gasteiger charge is -2.32. The highest BCUT2D eigenvalue weighted by atomic mass is 35.5. The Morgan fingerprint density at radius 1 is 0.833 bits per heavy atom. The van der Waals surface area contributed by atoms with E-state index in [1.165, 1.54) is 0 Å². The van der Waals surface area contributed by atoms with Crippen LogP contribution in [0.15, 0.2) is 66.7 Å². The Labute approximate surface area is 215 Å². The van der Waals surface area contributed by atoms with Gasteiger partial charge in [-0.25, -0.2) is 0 Å². The van der Waals surface area contributed by atoms with Gasteiger partial charge >= 0.3 is 0 Å². The summed E-state index contributed by atoms with van der Waals surface area (Å²) in [6.07, 6.45) is 3.73. The lowest BCUT2D eigenvalue weighted by atomic mass is 9.83. The first kappa shape index (κ1) is 24.2. The summed E-state index contributed by atoms with van der Waals surface area (Å²) in [7, 11) is 0. The second-order valence-electron chi connectivity index (χ2n) is 9.57. The second kappa shape index (κ2) is 10.2. The molecule has 0 spiro atoms. The molecule has 0 saturated heterocycles. The minimum absolute atomic E-state index is 0.0617. The predicted octanol–water partition coefficient (Wildman–Crippen LogP) is 4.52. The van der Waals surface area contributed by atoms with Gasteiger partial charge in [-0.3, -0.25) is 14.4 Å². The summed E-state index contributed by atoms with van der Waals surface area (Å²) < 4.78 is 0. The van der Waals surface area contributed by atoms with Crippen molar-refractivity contribution in [1.82, 2.24) is 5.32 Å². The monoisotopic (exact) mass is 501 g/mol. The summed E-state index contributed by atoms with van der Waals surface area (Å²) in [4.78, 5) is 38.9. The second-order valence-corrected chi connectivity index (χ2v) is 10.0. The first-order valence-corrected chi connectivity index (χ1v) is 12.7. The van der Waals surface area contributed by atoms with Crippen molar-refractivity contribution in [3.63, 3.8) is 0 Å². The number of amides is 1. The highest BCUT2D eigenvalue weighted by Crippen LogP contribution is 2.33. The molecule has 7 heteroatoms. The molecule has 0 aromatic heterocycles. The zero-order valence-corrected chi connectivity index (χ0v) is 20.6. The molecule has 36 heavy (non-hydrogen) atoms. The molecule has 6 nitrogen and oxygen atoms in total. The zero-order valence-electron chi connectivity index (χ0n) is 19.8. The van der Waals surface area contributed by atoms with Crippen LogP contribution >= 0.6 is 11.6 Å². The first-order valence-electron chi connectivity index (χ1n) is 12.3. The quantitative estimate of drug-likeness (QED) is 0.360. The van der Waals surface area contributed by atoms with E-state index < -0.39 is 6.04 Å². The highest BCUT2D eigenvalue weighted by Gasteiger charge is 2.32. The third-order valence-corrected chi connectivity index (χ3v) is 7.34. The van der Waals surface area contributed by atoms with Crippen molar-refractivity contribution >= 4 is 34.8 Å². The highest BCUT2D eigenvalue weighted by molar-refractivity contribution is 6.30. The molecule has 0 bridgehead atoms. The number of nitrogens with one attached hydrogen (secondary N) is 2. The summed E-state index contributed by atoms with van der Waals surface area (Å²) in [5, 5.41) is 7.25. The Morgan fingerprint density at radius 2 is 1.44 bits per heavy atom. The van der Waals surface area contributed by atoms with Gasteiger partial charge in [0.15, 0.2) is 11.6 Å². The van der Waals surface area contributed by atoms with E-state index >= 15 is 0 Å². The Balaban J connectivity index is 1.19. The summed E-state index contributed by atoms with van der Waals surface area (Å²) >= 11 is 5.92. The van der Waals surface area contributed by atoms with Gasteiger partial charge in [0.1, 0.15) is 0 Å². The number of ketones is 2. The number of rotatable bonds is 6. The van der Waals surface area contributed by atoms with Gasteiger partial charge in [-0.05, 0) is 55.9 Å². The van der Waals surface area contributed by atoms with Crippen LogP contribution in [0.1, 0.15) is 63.1 Å². The fourth-order valence-corrected chi connectivity index (χ4v) is 5.27. The predicted molar refractivity (Wildman–Crippen MR) is 141 cm³/mol. The molecule has 2 aliphatic carbocycles. The van der Waals surface area contributed by atoms with E-state index in [9.17, 15) is 14.4 Å². The Bertz CT molecular complexity index is 1310. The number of benzene rings is 3. The summed E-state index contributed by atoms with van der Waals surface area (Å²) in [6.45, 7) is 0. The van der Waals surface area contributed by atoms with E-state index in [4.69, 9.17) is 17.3 Å². The average molecular weight is 502 g/mol. The fraction of sp³-hybridized carbons (Fsp3) is 0.276. The number of anilines is 1. The van der Waals surface area contributed by atoms with E-state index in [-0.39, 0.29) is 29.6 Å². The molecule has 1 atom stereocenters. The van der Waals surface area contributed by atoms with Crippen LogP contribution in [0, 0.1) is 0 Å². The van der Waals surface area contributed by atoms with E-state index in [0.29, 0.717) is 39.4 Å². The van der Waals surface area contributed by atoms with Crippen LogP contribution in [0.25, 0.3) is 0 Å². The molecular weight excluding hydrogens is 474 g/mol. The standard InChI is InChI=1S/C29H28ClN3O3/c30-18-10-8-17(9-11-18)16-24(31)29(36)33-20-14-12-19(13-15-20)32-25-7-3-6-23-26(25)28(35)22-5-2-1-4-21(22)27(23)34/h1-11,19-20,24,32H,12-16,31H2,(H,33,36)/t19?,20?,24-/m0/s1. The average Bonchev–Trinajstić information content (AvgIpc) is 2.89. The maximum atomic E-state index is 13.2. The molecule has 4 N–H and O–H groups in total. The largest absolute Gasteiger partial charge is 0.382 e. The van der Waals surface area contributed by atoms with Crippen molar-refractivity contribution in [2.24, 2.45) is 5.73 Å². The van der Waals surface area contributed by atoms with Crippen molar-refractivity contribution in [1.29, 1.82) is 0 Å². The van der Waals surface area contributed by atoms with E-state index in [0.717, 1.165) is 31.2 Å². The molecule has 2 aliphatic rings. The van der Waals surface area contributed by atoms with Crippen molar-refractivity contribution in [3.8, 4) is 0 Å². The third-order valence-electron chi connectivity index (χ3n) is 7.09. The summed E-state index contributed by atoms with van der Waals surface area (Å²) in [5.41, 5.74) is 9.60. The topological polar surface area (TPSA) is 101 Å². The molecule has 0 heterocycles. The van der Waals surface area contributed by atoms with Crippen LogP contribution in [0.4, 0.5) is 5.69 Å². The minimum atomic E-state index is -0.621. The summed E-state index contributed by atoms with van der Waals surface area (Å²) in [6, 6.07) is 19.3. The fourth-order valence-electron chi connectivity index (χ4n) is 5.14. The molecule has 1 saturated carbocycles. The normalized spacial score (nSPS) is 19.7. The number of fused-ring (bicyclic) bond motifs is 2. The van der Waals surface area contributed by atoms with Gasteiger partial charge in [-0.1, -0.05) is 60.1 Å². The molecule has 1 amide bonds. The van der Waals surface area contributed by atoms with Gasteiger partial charge in [0.25, 0.3) is 0 Å². The molecule has 5 rings (SSSR count). The van der Waals surface area contributed by atoms with Crippen molar-refractivity contribution < 1.29 is 14.4 Å². The summed E-state index contributed by atoms with van der Waals surface area (Å²) in [5.74, 6) is -0.398. The van der Waals surface area contributed by atoms with E-state index in [1.54, 1.807) is 42.5 Å². The Kier molecular flexibility index (Phi) is 6.90. The maximum Gasteiger partial charge on any atom is 0.237 e. The van der Waals surface area contributed by atoms with E-state index in [1.807, 2.05) is 24.3 Å². The molecule has 0 unspecified atom stereocenters. The maximum absolute atomic E-state index is 13.2. The zero-order chi connectivity index (χ0) is 25.2. The number of carbonyl (C=O) groups is 3. The molecule has 184 valence electrons. The lowest BCUT2D eigenvalue weighted by molar-refractivity contribution is -0.123. The van der Waals surface area contributed by atoms with Gasteiger partial charge in [0.2, 0.25) is 5.91 Å². The van der Waals surface area contributed by atoms with E-state index in [2.05, 4.69) is 10.6 Å². The van der Waals surface area contributed by atoms with Gasteiger partial charge in [0.05, 0.1) is 11.6 Å². The van der Waals surface area contributed by atoms with Crippen LogP contribution in [-0.2, 0) is 11.2 Å². The molecule has 0 radical (unpaired) electrons. The van der Waals surface area contributed by atoms with Crippen LogP contribution < -0.4 is 16.4 Å². The van der Waals surface area contributed by atoms with Crippen molar-refractivity contribution in [3.05, 3.63) is 99.6 Å². The third kappa shape index (κ3) is 4.92. The van der Waals surface area contributed by atoms with Gasteiger partial charge in [-0.15, -0.1) is 0 Å². The number of hydrogen-bond donors (Lipinski definition) is 3. The molecule has 3 aromatic carbocycles. The van der Waals surface area contributed by atoms with Crippen LogP contribution in [0.5, 0.6) is 0 Å². The van der Waals surface area contributed by atoms with Crippen molar-refractivity contribution in [2.45, 2.75) is 50.2 Å². The Hall–Kier alpha value is -3.48. The van der Waals surface area contributed by atoms with Crippen molar-refractivity contribution in [2.75, 3.05) is 5.32 Å². The van der Waals surface area contributed by atoms with Gasteiger partial charge in [-0.2, -0.15) is 0 Å². The van der Waals surface area contributed by atoms with Gasteiger partial charge < -0.3 is 16.4 Å². The van der Waals surface area contributed by atoms with Crippen LogP contribution in [0.3, 0.4) is 0 Å². The number of nitrogens with two attached hydrogens (primary N) is 1. The Morgan fingerprint density at radius 3 is 2.14 bits per heavy atom. The minimum Gasteiger partial charge on any atom is -0.382 e. The van der Waals surface area contributed by atoms with Crippen LogP contribution in [0.2, 0.25) is 5.02 Å². The molecular formula is C29H28ClN3O3. The molecule has 3 aromatic rings. The van der Waals surface area contributed by atoms with Crippen LogP contribution in [-0.4, -0.2) is 35.6 Å². The van der Waals surface area contributed by atoms with Gasteiger partial charge in [0, 0.05) is 39.5 Å². The molecule has 1 fully saturated rings. The smallest absolute Gasteiger partial charge is 0.237 e. The molecule has 0 aliphatic heterocycles. The first-order chi connectivity index (χ1) is 17.4. The number of hydrogen-bond acceptors (Lipinski definition) is 5. The number of carbonyl (C=O) groups excluding carboxylic acids is 3. The number of halogens is 1.